The normalized spacial score (nSPS) is 12.2. The van der Waals surface area contributed by atoms with Gasteiger partial charge < -0.3 is 14.8 Å². The fraction of sp³-hybridized carbons (Fsp3) is 0.143. The molecule has 1 heterocycles. The maximum atomic E-state index is 11.0. The lowest BCUT2D eigenvalue weighted by Crippen LogP contribution is -2.02. The molecule has 0 amide bonds. The van der Waals surface area contributed by atoms with Gasteiger partial charge in [-0.1, -0.05) is 17.7 Å². The summed E-state index contributed by atoms with van der Waals surface area (Å²) in [6.07, 6.45) is 0. The van der Waals surface area contributed by atoms with Gasteiger partial charge in [0.1, 0.15) is 5.69 Å². The molecule has 0 aliphatic carbocycles. The van der Waals surface area contributed by atoms with Gasteiger partial charge in [0.2, 0.25) is 6.79 Å². The summed E-state index contributed by atoms with van der Waals surface area (Å²) in [5.41, 5.74) is 1.30. The Labute approximate surface area is 125 Å². The van der Waals surface area contributed by atoms with Crippen LogP contribution in [0.1, 0.15) is 5.56 Å². The van der Waals surface area contributed by atoms with Crippen LogP contribution in [0.3, 0.4) is 0 Å². The fourth-order valence-electron chi connectivity index (χ4n) is 2.05. The molecule has 3 rings (SSSR count). The lowest BCUT2D eigenvalue weighted by atomic mass is 10.2. The molecule has 7 heteroatoms. The van der Waals surface area contributed by atoms with Gasteiger partial charge in [-0.05, 0) is 29.8 Å². The van der Waals surface area contributed by atoms with Gasteiger partial charge >= 0.3 is 0 Å². The highest BCUT2D eigenvalue weighted by Crippen LogP contribution is 2.33. The third kappa shape index (κ3) is 2.85. The number of nitrogens with zero attached hydrogens (tertiary/aromatic N) is 1. The Hall–Kier alpha value is -2.47. The Morgan fingerprint density at radius 3 is 2.81 bits per heavy atom. The maximum absolute atomic E-state index is 11.0. The van der Waals surface area contributed by atoms with Crippen molar-refractivity contribution in [2.75, 3.05) is 12.1 Å². The molecule has 0 saturated carbocycles. The SMILES string of the molecule is O=[N+]([O-])c1cc(Cl)ccc1NCc1ccc2c(c1)OCO2. The molecule has 1 aliphatic rings. The number of hydrogen-bond donors (Lipinski definition) is 1. The molecule has 2 aromatic rings. The first kappa shape index (κ1) is 13.5. The minimum atomic E-state index is -0.464. The van der Waals surface area contributed by atoms with Crippen molar-refractivity contribution in [1.29, 1.82) is 0 Å². The zero-order valence-corrected chi connectivity index (χ0v) is 11.6. The summed E-state index contributed by atoms with van der Waals surface area (Å²) in [5, 5.41) is 14.4. The lowest BCUT2D eigenvalue weighted by molar-refractivity contribution is -0.383. The number of benzene rings is 2. The Balaban J connectivity index is 1.77. The minimum absolute atomic E-state index is 0.0526. The first-order valence-electron chi connectivity index (χ1n) is 6.20. The van der Waals surface area contributed by atoms with Gasteiger partial charge in [-0.25, -0.2) is 0 Å². The summed E-state index contributed by atoms with van der Waals surface area (Å²) in [7, 11) is 0. The summed E-state index contributed by atoms with van der Waals surface area (Å²) < 4.78 is 10.5. The molecule has 1 N–H and O–H groups in total. The third-order valence-electron chi connectivity index (χ3n) is 3.08. The topological polar surface area (TPSA) is 73.6 Å². The number of nitro groups is 1. The van der Waals surface area contributed by atoms with E-state index in [9.17, 15) is 10.1 Å². The van der Waals surface area contributed by atoms with Crippen molar-refractivity contribution in [2.45, 2.75) is 6.54 Å². The number of fused-ring (bicyclic) bond motifs is 1. The largest absolute Gasteiger partial charge is 0.454 e. The number of hydrogen-bond acceptors (Lipinski definition) is 5. The van der Waals surface area contributed by atoms with E-state index in [1.807, 2.05) is 18.2 Å². The van der Waals surface area contributed by atoms with Crippen molar-refractivity contribution in [2.24, 2.45) is 0 Å². The van der Waals surface area contributed by atoms with Gasteiger partial charge in [0.05, 0.1) is 4.92 Å². The van der Waals surface area contributed by atoms with Gasteiger partial charge in [-0.15, -0.1) is 0 Å². The van der Waals surface area contributed by atoms with Crippen LogP contribution in [0.25, 0.3) is 0 Å². The standard InChI is InChI=1S/C14H11ClN2O4/c15-10-2-3-11(12(6-10)17(18)19)16-7-9-1-4-13-14(5-9)21-8-20-13/h1-6,16H,7-8H2. The molecular formula is C14H11ClN2O4. The van der Waals surface area contributed by atoms with E-state index in [4.69, 9.17) is 21.1 Å². The van der Waals surface area contributed by atoms with Crippen LogP contribution in [0.15, 0.2) is 36.4 Å². The predicted molar refractivity (Wildman–Crippen MR) is 78.0 cm³/mol. The van der Waals surface area contributed by atoms with Crippen LogP contribution >= 0.6 is 11.6 Å². The number of ether oxygens (including phenoxy) is 2. The van der Waals surface area contributed by atoms with Crippen molar-refractivity contribution in [1.82, 2.24) is 0 Å². The molecule has 0 bridgehead atoms. The Morgan fingerprint density at radius 2 is 2.00 bits per heavy atom. The minimum Gasteiger partial charge on any atom is -0.454 e. The van der Waals surface area contributed by atoms with Crippen LogP contribution < -0.4 is 14.8 Å². The number of halogens is 1. The second kappa shape index (κ2) is 5.49. The van der Waals surface area contributed by atoms with Crippen LogP contribution in [0.4, 0.5) is 11.4 Å². The van der Waals surface area contributed by atoms with Crippen molar-refractivity contribution in [3.8, 4) is 11.5 Å². The Bertz CT molecular complexity index is 705. The summed E-state index contributed by atoms with van der Waals surface area (Å²) in [5.74, 6) is 1.39. The maximum Gasteiger partial charge on any atom is 0.293 e. The zero-order chi connectivity index (χ0) is 14.8. The van der Waals surface area contributed by atoms with E-state index in [2.05, 4.69) is 5.32 Å². The first-order valence-corrected chi connectivity index (χ1v) is 6.57. The van der Waals surface area contributed by atoms with E-state index in [1.54, 1.807) is 12.1 Å². The van der Waals surface area contributed by atoms with Crippen LogP contribution in [-0.4, -0.2) is 11.7 Å². The highest BCUT2D eigenvalue weighted by molar-refractivity contribution is 6.30. The van der Waals surface area contributed by atoms with E-state index in [1.165, 1.54) is 6.07 Å². The number of rotatable bonds is 4. The molecule has 0 saturated heterocycles. The fourth-order valence-corrected chi connectivity index (χ4v) is 2.22. The smallest absolute Gasteiger partial charge is 0.293 e. The molecule has 6 nitrogen and oxygen atoms in total. The molecule has 0 radical (unpaired) electrons. The third-order valence-corrected chi connectivity index (χ3v) is 3.31. The van der Waals surface area contributed by atoms with Crippen molar-refractivity contribution in [3.63, 3.8) is 0 Å². The van der Waals surface area contributed by atoms with Crippen LogP contribution in [-0.2, 0) is 6.54 Å². The summed E-state index contributed by atoms with van der Waals surface area (Å²) in [6.45, 7) is 0.647. The number of nitro benzene ring substituents is 1. The van der Waals surface area contributed by atoms with E-state index in [0.717, 1.165) is 5.56 Å². The molecular weight excluding hydrogens is 296 g/mol. The molecule has 0 aromatic heterocycles. The van der Waals surface area contributed by atoms with Crippen molar-refractivity contribution in [3.05, 3.63) is 57.1 Å². The van der Waals surface area contributed by atoms with E-state index < -0.39 is 4.92 Å². The molecule has 21 heavy (non-hydrogen) atoms. The summed E-state index contributed by atoms with van der Waals surface area (Å²) in [6, 6.07) is 10.1. The second-order valence-electron chi connectivity index (χ2n) is 4.46. The predicted octanol–water partition coefficient (Wildman–Crippen LogP) is 3.59. The summed E-state index contributed by atoms with van der Waals surface area (Å²) >= 11 is 5.78. The van der Waals surface area contributed by atoms with Crippen molar-refractivity contribution >= 4 is 23.0 Å². The highest BCUT2D eigenvalue weighted by atomic mass is 35.5. The molecule has 1 aliphatic heterocycles. The average Bonchev–Trinajstić information content (AvgIpc) is 2.93. The molecule has 0 atom stereocenters. The molecule has 0 unspecified atom stereocenters. The van der Waals surface area contributed by atoms with Gasteiger partial charge in [0, 0.05) is 17.6 Å². The van der Waals surface area contributed by atoms with E-state index in [-0.39, 0.29) is 12.5 Å². The molecule has 108 valence electrons. The average molecular weight is 307 g/mol. The zero-order valence-electron chi connectivity index (χ0n) is 10.8. The highest BCUT2D eigenvalue weighted by Gasteiger charge is 2.16. The number of anilines is 1. The second-order valence-corrected chi connectivity index (χ2v) is 4.90. The number of nitrogens with one attached hydrogen (secondary N) is 1. The van der Waals surface area contributed by atoms with Gasteiger partial charge in [0.15, 0.2) is 11.5 Å². The van der Waals surface area contributed by atoms with E-state index in [0.29, 0.717) is 28.8 Å². The molecule has 0 fully saturated rings. The molecule has 0 spiro atoms. The van der Waals surface area contributed by atoms with Crippen LogP contribution in [0.5, 0.6) is 11.5 Å². The van der Waals surface area contributed by atoms with Crippen LogP contribution in [0, 0.1) is 10.1 Å². The Morgan fingerprint density at radius 1 is 1.19 bits per heavy atom. The Kier molecular flexibility index (Phi) is 3.53. The quantitative estimate of drug-likeness (QED) is 0.690. The monoisotopic (exact) mass is 306 g/mol. The van der Waals surface area contributed by atoms with Gasteiger partial charge in [-0.3, -0.25) is 10.1 Å². The van der Waals surface area contributed by atoms with E-state index >= 15 is 0 Å². The van der Waals surface area contributed by atoms with Gasteiger partial charge in [0.25, 0.3) is 5.69 Å². The van der Waals surface area contributed by atoms with Crippen LogP contribution in [0.2, 0.25) is 5.02 Å². The summed E-state index contributed by atoms with van der Waals surface area (Å²) in [4.78, 5) is 10.5. The van der Waals surface area contributed by atoms with Crippen molar-refractivity contribution < 1.29 is 14.4 Å². The lowest BCUT2D eigenvalue weighted by Gasteiger charge is -2.08. The first-order chi connectivity index (χ1) is 10.1. The molecule has 2 aromatic carbocycles. The van der Waals surface area contributed by atoms with Gasteiger partial charge in [-0.2, -0.15) is 0 Å².